The van der Waals surface area contributed by atoms with Gasteiger partial charge in [-0.15, -0.1) is 0 Å². The van der Waals surface area contributed by atoms with Gasteiger partial charge in [0, 0.05) is 12.1 Å². The highest BCUT2D eigenvalue weighted by Gasteiger charge is 2.40. The average molecular weight is 172 g/mol. The van der Waals surface area contributed by atoms with Crippen LogP contribution in [0.3, 0.4) is 0 Å². The Kier molecular flexibility index (Phi) is 2.28. The van der Waals surface area contributed by atoms with E-state index in [-0.39, 0.29) is 5.54 Å². The first-order valence-electron chi connectivity index (χ1n) is 4.18. The van der Waals surface area contributed by atoms with Crippen LogP contribution in [0.15, 0.2) is 0 Å². The summed E-state index contributed by atoms with van der Waals surface area (Å²) >= 11 is 0. The Morgan fingerprint density at radius 1 is 1.75 bits per heavy atom. The minimum Gasteiger partial charge on any atom is -0.465 e. The number of carbonyl (C=O) groups is 1. The van der Waals surface area contributed by atoms with Gasteiger partial charge in [0.1, 0.15) is 0 Å². The van der Waals surface area contributed by atoms with E-state index in [1.807, 2.05) is 13.8 Å². The number of carboxylic acid groups (broad SMARTS) is 1. The van der Waals surface area contributed by atoms with Crippen molar-refractivity contribution in [3.05, 3.63) is 0 Å². The zero-order valence-corrected chi connectivity index (χ0v) is 7.58. The molecule has 0 aromatic rings. The third-order valence-electron chi connectivity index (χ3n) is 2.52. The predicted octanol–water partition coefficient (Wildman–Crippen LogP) is 0.724. The highest BCUT2D eigenvalue weighted by molar-refractivity contribution is 5.66. The Morgan fingerprint density at radius 3 is 2.58 bits per heavy atom. The van der Waals surface area contributed by atoms with Crippen molar-refractivity contribution in [1.29, 1.82) is 0 Å². The van der Waals surface area contributed by atoms with Crippen LogP contribution in [0.1, 0.15) is 20.3 Å². The summed E-state index contributed by atoms with van der Waals surface area (Å²) in [5, 5.41) is 8.85. The Morgan fingerprint density at radius 2 is 2.33 bits per heavy atom. The molecule has 3 N–H and O–H groups in total. The standard InChI is InChI=1S/C8H16N2O2/c1-8(2)3-6(4-9)5-10(8)7(11)12/h6H,3-5,9H2,1-2H3,(H,11,12). The summed E-state index contributed by atoms with van der Waals surface area (Å²) in [5.41, 5.74) is 5.26. The molecule has 4 heteroatoms. The molecule has 1 atom stereocenters. The van der Waals surface area contributed by atoms with Crippen LogP contribution in [0.5, 0.6) is 0 Å². The molecule has 1 fully saturated rings. The molecule has 1 unspecified atom stereocenters. The van der Waals surface area contributed by atoms with Gasteiger partial charge >= 0.3 is 6.09 Å². The molecule has 1 aliphatic heterocycles. The highest BCUT2D eigenvalue weighted by Crippen LogP contribution is 2.31. The number of nitrogens with two attached hydrogens (primary N) is 1. The Balaban J connectivity index is 2.70. The fourth-order valence-electron chi connectivity index (χ4n) is 1.88. The maximum atomic E-state index is 10.8. The van der Waals surface area contributed by atoms with Gasteiger partial charge < -0.3 is 15.7 Å². The third kappa shape index (κ3) is 1.53. The molecule has 0 aromatic carbocycles. The number of amides is 1. The SMILES string of the molecule is CC1(C)CC(CN)CN1C(=O)O. The molecule has 70 valence electrons. The van der Waals surface area contributed by atoms with E-state index in [2.05, 4.69) is 0 Å². The Hall–Kier alpha value is -0.770. The summed E-state index contributed by atoms with van der Waals surface area (Å²) in [7, 11) is 0. The molecule has 1 heterocycles. The van der Waals surface area contributed by atoms with E-state index >= 15 is 0 Å². The zero-order chi connectivity index (χ0) is 9.35. The van der Waals surface area contributed by atoms with Crippen molar-refractivity contribution < 1.29 is 9.90 Å². The summed E-state index contributed by atoms with van der Waals surface area (Å²) in [6.45, 7) is 5.04. The molecule has 1 amide bonds. The van der Waals surface area contributed by atoms with Gasteiger partial charge in [0.2, 0.25) is 0 Å². The Labute approximate surface area is 72.3 Å². The molecular formula is C8H16N2O2. The van der Waals surface area contributed by atoms with Crippen molar-refractivity contribution in [3.63, 3.8) is 0 Å². The molecule has 1 aliphatic rings. The molecule has 0 radical (unpaired) electrons. The molecule has 0 aromatic heterocycles. The lowest BCUT2D eigenvalue weighted by atomic mass is 9.97. The Bertz CT molecular complexity index is 191. The second kappa shape index (κ2) is 2.94. The van der Waals surface area contributed by atoms with Crippen LogP contribution in [0.2, 0.25) is 0 Å². The molecule has 0 bridgehead atoms. The summed E-state index contributed by atoms with van der Waals surface area (Å²) < 4.78 is 0. The van der Waals surface area contributed by atoms with Crippen LogP contribution in [0.25, 0.3) is 0 Å². The van der Waals surface area contributed by atoms with Gasteiger partial charge in [-0.3, -0.25) is 0 Å². The number of hydrogen-bond donors (Lipinski definition) is 2. The summed E-state index contributed by atoms with van der Waals surface area (Å²) in [6, 6.07) is 0. The van der Waals surface area contributed by atoms with E-state index in [4.69, 9.17) is 10.8 Å². The van der Waals surface area contributed by atoms with Gasteiger partial charge in [-0.05, 0) is 32.7 Å². The molecule has 0 spiro atoms. The van der Waals surface area contributed by atoms with Crippen LogP contribution in [-0.4, -0.2) is 34.7 Å². The molecule has 12 heavy (non-hydrogen) atoms. The zero-order valence-electron chi connectivity index (χ0n) is 7.58. The number of rotatable bonds is 1. The monoisotopic (exact) mass is 172 g/mol. The van der Waals surface area contributed by atoms with Gasteiger partial charge in [0.25, 0.3) is 0 Å². The first-order valence-corrected chi connectivity index (χ1v) is 4.18. The van der Waals surface area contributed by atoms with Crippen molar-refractivity contribution in [2.75, 3.05) is 13.1 Å². The van der Waals surface area contributed by atoms with Crippen molar-refractivity contribution in [3.8, 4) is 0 Å². The minimum atomic E-state index is -0.837. The first-order chi connectivity index (χ1) is 5.47. The predicted molar refractivity (Wildman–Crippen MR) is 46.0 cm³/mol. The van der Waals surface area contributed by atoms with E-state index < -0.39 is 6.09 Å². The van der Waals surface area contributed by atoms with Crippen molar-refractivity contribution in [2.45, 2.75) is 25.8 Å². The lowest BCUT2D eigenvalue weighted by Crippen LogP contribution is -2.41. The normalized spacial score (nSPS) is 27.6. The second-order valence-electron chi connectivity index (χ2n) is 4.01. The second-order valence-corrected chi connectivity index (χ2v) is 4.01. The van der Waals surface area contributed by atoms with Gasteiger partial charge in [-0.1, -0.05) is 0 Å². The average Bonchev–Trinajstić information content (AvgIpc) is 2.25. The number of nitrogens with zero attached hydrogens (tertiary/aromatic N) is 1. The van der Waals surface area contributed by atoms with Crippen molar-refractivity contribution >= 4 is 6.09 Å². The van der Waals surface area contributed by atoms with Gasteiger partial charge in [-0.25, -0.2) is 4.79 Å². The first kappa shape index (κ1) is 9.32. The largest absolute Gasteiger partial charge is 0.465 e. The quantitative estimate of drug-likeness (QED) is 0.612. The molecular weight excluding hydrogens is 156 g/mol. The third-order valence-corrected chi connectivity index (χ3v) is 2.52. The molecule has 0 saturated carbocycles. The van der Waals surface area contributed by atoms with Crippen LogP contribution < -0.4 is 5.73 Å². The van der Waals surface area contributed by atoms with Crippen molar-refractivity contribution in [2.24, 2.45) is 11.7 Å². The maximum Gasteiger partial charge on any atom is 0.407 e. The van der Waals surface area contributed by atoms with Gasteiger partial charge in [0.15, 0.2) is 0 Å². The van der Waals surface area contributed by atoms with Crippen LogP contribution in [0.4, 0.5) is 4.79 Å². The summed E-state index contributed by atoms with van der Waals surface area (Å²) in [5.74, 6) is 0.330. The van der Waals surface area contributed by atoms with E-state index in [1.165, 1.54) is 4.90 Å². The highest BCUT2D eigenvalue weighted by atomic mass is 16.4. The lowest BCUT2D eigenvalue weighted by Gasteiger charge is -2.28. The van der Waals surface area contributed by atoms with E-state index in [9.17, 15) is 4.79 Å². The van der Waals surface area contributed by atoms with Crippen LogP contribution in [0, 0.1) is 5.92 Å². The van der Waals surface area contributed by atoms with Crippen molar-refractivity contribution in [1.82, 2.24) is 4.90 Å². The summed E-state index contributed by atoms with van der Waals surface area (Å²) in [6.07, 6.45) is 0.0338. The number of likely N-dealkylation sites (tertiary alicyclic amines) is 1. The molecule has 1 rings (SSSR count). The van der Waals surface area contributed by atoms with Gasteiger partial charge in [-0.2, -0.15) is 0 Å². The fraction of sp³-hybridized carbons (Fsp3) is 0.875. The van der Waals surface area contributed by atoms with Crippen LogP contribution in [-0.2, 0) is 0 Å². The van der Waals surface area contributed by atoms with E-state index in [0.29, 0.717) is 19.0 Å². The topological polar surface area (TPSA) is 66.6 Å². The lowest BCUT2D eigenvalue weighted by molar-refractivity contribution is 0.117. The number of hydrogen-bond acceptors (Lipinski definition) is 2. The summed E-state index contributed by atoms with van der Waals surface area (Å²) in [4.78, 5) is 12.2. The maximum absolute atomic E-state index is 10.8. The molecule has 1 saturated heterocycles. The molecule has 0 aliphatic carbocycles. The van der Waals surface area contributed by atoms with Gasteiger partial charge in [0.05, 0.1) is 0 Å². The van der Waals surface area contributed by atoms with E-state index in [1.54, 1.807) is 0 Å². The van der Waals surface area contributed by atoms with Crippen LogP contribution >= 0.6 is 0 Å². The minimum absolute atomic E-state index is 0.240. The smallest absolute Gasteiger partial charge is 0.407 e. The fourth-order valence-corrected chi connectivity index (χ4v) is 1.88. The molecule has 4 nitrogen and oxygen atoms in total. The van der Waals surface area contributed by atoms with E-state index in [0.717, 1.165) is 6.42 Å².